The molecule has 1 aromatic rings. The zero-order chi connectivity index (χ0) is 15.2. The Labute approximate surface area is 122 Å². The lowest BCUT2D eigenvalue weighted by molar-refractivity contribution is -0.865. The predicted molar refractivity (Wildman–Crippen MR) is 83.9 cm³/mol. The van der Waals surface area contributed by atoms with Gasteiger partial charge in [-0.3, -0.25) is 0 Å². The Kier molecular flexibility index (Phi) is 5.92. The van der Waals surface area contributed by atoms with E-state index in [1.54, 1.807) is 6.08 Å². The zero-order valence-electron chi connectivity index (χ0n) is 12.7. The second kappa shape index (κ2) is 7.02. The van der Waals surface area contributed by atoms with Gasteiger partial charge in [0, 0.05) is 17.4 Å². The van der Waals surface area contributed by atoms with Crippen LogP contribution in [0.3, 0.4) is 0 Å². The molecule has 0 amide bonds. The molecule has 1 rings (SSSR count). The fourth-order valence-electron chi connectivity index (χ4n) is 2.10. The normalized spacial score (nSPS) is 13.2. The maximum Gasteiger partial charge on any atom is 0.233 e. The van der Waals surface area contributed by atoms with Crippen LogP contribution in [0.2, 0.25) is 0 Å². The Balaban J connectivity index is 2.60. The summed E-state index contributed by atoms with van der Waals surface area (Å²) in [6.07, 6.45) is 1.60. The SMILES string of the molecule is C[NH+](C)CC(C)(C)CNS(=O)(=O)/C=C/c1ccccc1. The van der Waals surface area contributed by atoms with Crippen molar-refractivity contribution < 1.29 is 13.3 Å². The highest BCUT2D eigenvalue weighted by atomic mass is 32.2. The summed E-state index contributed by atoms with van der Waals surface area (Å²) in [6, 6.07) is 9.39. The van der Waals surface area contributed by atoms with Crippen LogP contribution in [0.5, 0.6) is 0 Å². The van der Waals surface area contributed by atoms with Gasteiger partial charge < -0.3 is 4.90 Å². The number of nitrogens with one attached hydrogen (secondary N) is 2. The molecule has 0 aromatic heterocycles. The van der Waals surface area contributed by atoms with Gasteiger partial charge in [0.25, 0.3) is 0 Å². The van der Waals surface area contributed by atoms with Gasteiger partial charge in [0.15, 0.2) is 0 Å². The van der Waals surface area contributed by atoms with Crippen LogP contribution >= 0.6 is 0 Å². The van der Waals surface area contributed by atoms with Crippen molar-refractivity contribution in [3.8, 4) is 0 Å². The minimum absolute atomic E-state index is 0.0769. The van der Waals surface area contributed by atoms with E-state index in [1.807, 2.05) is 30.3 Å². The largest absolute Gasteiger partial charge is 0.339 e. The molecule has 0 fully saturated rings. The van der Waals surface area contributed by atoms with Crippen LogP contribution < -0.4 is 9.62 Å². The predicted octanol–water partition coefficient (Wildman–Crippen LogP) is 0.747. The van der Waals surface area contributed by atoms with E-state index in [0.717, 1.165) is 12.1 Å². The van der Waals surface area contributed by atoms with Gasteiger partial charge in [0.05, 0.1) is 20.6 Å². The lowest BCUT2D eigenvalue weighted by Crippen LogP contribution is -3.07. The third-order valence-electron chi connectivity index (χ3n) is 2.82. The van der Waals surface area contributed by atoms with Crippen molar-refractivity contribution in [3.63, 3.8) is 0 Å². The van der Waals surface area contributed by atoms with Crippen LogP contribution in [0.1, 0.15) is 19.4 Å². The molecule has 0 atom stereocenters. The zero-order valence-corrected chi connectivity index (χ0v) is 13.5. The summed E-state index contributed by atoms with van der Waals surface area (Å²) in [5, 5.41) is 1.22. The van der Waals surface area contributed by atoms with Crippen molar-refractivity contribution >= 4 is 16.1 Å². The van der Waals surface area contributed by atoms with Crippen molar-refractivity contribution in [1.29, 1.82) is 0 Å². The summed E-state index contributed by atoms with van der Waals surface area (Å²) in [4.78, 5) is 1.30. The molecule has 0 radical (unpaired) electrons. The van der Waals surface area contributed by atoms with Crippen LogP contribution in [0.25, 0.3) is 6.08 Å². The average Bonchev–Trinajstić information content (AvgIpc) is 2.34. The second-order valence-electron chi connectivity index (χ2n) is 6.13. The molecular weight excluding hydrogens is 272 g/mol. The number of benzene rings is 1. The monoisotopic (exact) mass is 297 g/mol. The summed E-state index contributed by atoms with van der Waals surface area (Å²) < 4.78 is 26.5. The minimum Gasteiger partial charge on any atom is -0.339 e. The van der Waals surface area contributed by atoms with Crippen LogP contribution in [0.15, 0.2) is 35.7 Å². The van der Waals surface area contributed by atoms with Gasteiger partial charge in [-0.2, -0.15) is 0 Å². The van der Waals surface area contributed by atoms with E-state index < -0.39 is 10.0 Å². The molecule has 1 aromatic carbocycles. The highest BCUT2D eigenvalue weighted by Crippen LogP contribution is 2.11. The van der Waals surface area contributed by atoms with Gasteiger partial charge in [0.1, 0.15) is 0 Å². The first kappa shape index (κ1) is 16.9. The number of rotatable bonds is 7. The van der Waals surface area contributed by atoms with Crippen molar-refractivity contribution in [2.75, 3.05) is 27.2 Å². The molecule has 0 heterocycles. The standard InChI is InChI=1S/C15H24N2O2S/c1-15(2,13-17(3)4)12-16-20(18,19)11-10-14-8-6-5-7-9-14/h5-11,16H,12-13H2,1-4H3/p+1/b11-10+. The Morgan fingerprint density at radius 2 is 1.80 bits per heavy atom. The molecule has 4 nitrogen and oxygen atoms in total. The fraction of sp³-hybridized carbons (Fsp3) is 0.467. The number of hydrogen-bond donors (Lipinski definition) is 2. The summed E-state index contributed by atoms with van der Waals surface area (Å²) >= 11 is 0. The van der Waals surface area contributed by atoms with Crippen molar-refractivity contribution in [2.24, 2.45) is 5.41 Å². The third-order valence-corrected chi connectivity index (χ3v) is 3.86. The highest BCUT2D eigenvalue weighted by Gasteiger charge is 2.23. The number of sulfonamides is 1. The van der Waals surface area contributed by atoms with Crippen molar-refractivity contribution in [3.05, 3.63) is 41.3 Å². The lowest BCUT2D eigenvalue weighted by Gasteiger charge is -2.25. The summed E-state index contributed by atoms with van der Waals surface area (Å²) in [5.74, 6) is 0. The van der Waals surface area contributed by atoms with Crippen LogP contribution in [0.4, 0.5) is 0 Å². The van der Waals surface area contributed by atoms with Gasteiger partial charge >= 0.3 is 0 Å². The molecule has 2 N–H and O–H groups in total. The average molecular weight is 297 g/mol. The highest BCUT2D eigenvalue weighted by molar-refractivity contribution is 7.92. The second-order valence-corrected chi connectivity index (χ2v) is 7.78. The Bertz CT molecular complexity index is 534. The Morgan fingerprint density at radius 3 is 2.35 bits per heavy atom. The van der Waals surface area contributed by atoms with E-state index in [9.17, 15) is 8.42 Å². The summed E-state index contributed by atoms with van der Waals surface area (Å²) in [5.41, 5.74) is 0.793. The van der Waals surface area contributed by atoms with E-state index in [2.05, 4.69) is 32.7 Å². The van der Waals surface area contributed by atoms with E-state index in [1.165, 1.54) is 10.3 Å². The maximum absolute atomic E-state index is 11.9. The van der Waals surface area contributed by atoms with Gasteiger partial charge in [-0.1, -0.05) is 44.2 Å². The van der Waals surface area contributed by atoms with Crippen LogP contribution in [-0.4, -0.2) is 35.6 Å². The van der Waals surface area contributed by atoms with E-state index in [-0.39, 0.29) is 5.41 Å². The maximum atomic E-state index is 11.9. The quantitative estimate of drug-likeness (QED) is 0.780. The molecular formula is C15H25N2O2S+. The summed E-state index contributed by atoms with van der Waals surface area (Å²) in [7, 11) is 0.734. The molecule has 0 unspecified atom stereocenters. The van der Waals surface area contributed by atoms with Crippen molar-refractivity contribution in [2.45, 2.75) is 13.8 Å². The molecule has 5 heteroatoms. The molecule has 112 valence electrons. The first-order valence-corrected chi connectivity index (χ1v) is 8.27. The van der Waals surface area contributed by atoms with Crippen LogP contribution in [-0.2, 0) is 10.0 Å². The molecule has 0 aliphatic carbocycles. The molecule has 0 bridgehead atoms. The number of hydrogen-bond acceptors (Lipinski definition) is 2. The third kappa shape index (κ3) is 6.84. The molecule has 0 aliphatic heterocycles. The van der Waals surface area contributed by atoms with Gasteiger partial charge in [-0.05, 0) is 11.6 Å². The lowest BCUT2D eigenvalue weighted by atomic mass is 9.93. The van der Waals surface area contributed by atoms with E-state index in [0.29, 0.717) is 6.54 Å². The number of quaternary nitrogens is 1. The Morgan fingerprint density at radius 1 is 1.20 bits per heavy atom. The molecule has 0 aliphatic rings. The van der Waals surface area contributed by atoms with Crippen LogP contribution in [0, 0.1) is 5.41 Å². The topological polar surface area (TPSA) is 50.6 Å². The molecule has 20 heavy (non-hydrogen) atoms. The molecule has 0 saturated heterocycles. The van der Waals surface area contributed by atoms with Gasteiger partial charge in [-0.15, -0.1) is 0 Å². The van der Waals surface area contributed by atoms with Gasteiger partial charge in [-0.25, -0.2) is 13.1 Å². The van der Waals surface area contributed by atoms with E-state index in [4.69, 9.17) is 0 Å². The van der Waals surface area contributed by atoms with E-state index >= 15 is 0 Å². The van der Waals surface area contributed by atoms with Gasteiger partial charge in [0.2, 0.25) is 10.0 Å². The minimum atomic E-state index is -3.39. The molecule has 0 spiro atoms. The fourth-order valence-corrected chi connectivity index (χ4v) is 3.12. The molecule has 0 saturated carbocycles. The smallest absolute Gasteiger partial charge is 0.233 e. The van der Waals surface area contributed by atoms with Crippen molar-refractivity contribution in [1.82, 2.24) is 4.72 Å². The Hall–Kier alpha value is -1.17. The first-order valence-electron chi connectivity index (χ1n) is 6.72. The first-order chi connectivity index (χ1) is 9.20. The summed E-state index contributed by atoms with van der Waals surface area (Å²) in [6.45, 7) is 5.45.